The topological polar surface area (TPSA) is 68.0 Å². The van der Waals surface area contributed by atoms with E-state index in [1.165, 1.54) is 0 Å². The second-order valence-electron chi connectivity index (χ2n) is 3.55. The van der Waals surface area contributed by atoms with Crippen molar-refractivity contribution < 1.29 is 4.79 Å². The van der Waals surface area contributed by atoms with Gasteiger partial charge in [-0.3, -0.25) is 9.78 Å². The normalized spacial score (nSPS) is 17.5. The van der Waals surface area contributed by atoms with Gasteiger partial charge in [0.15, 0.2) is 0 Å². The Morgan fingerprint density at radius 1 is 1.64 bits per heavy atom. The van der Waals surface area contributed by atoms with Crippen molar-refractivity contribution in [3.63, 3.8) is 0 Å². The highest BCUT2D eigenvalue weighted by molar-refractivity contribution is 5.83. The molecule has 3 N–H and O–H groups in total. The Balaban J connectivity index is 1.99. The third kappa shape index (κ3) is 2.09. The minimum atomic E-state index is -0.593. The molecule has 0 spiro atoms. The van der Waals surface area contributed by atoms with Crippen LogP contribution in [-0.4, -0.2) is 16.9 Å². The molecule has 1 aliphatic rings. The molecule has 0 aliphatic heterocycles. The lowest BCUT2D eigenvalue weighted by Gasteiger charge is -2.11. The standard InChI is InChI=1S/C10H13N3O/c11-9(7-2-1-5-12-6-7)10(14)13-8-3-4-8/h1-2,5-6,8-9H,3-4,11H2,(H,13,14). The van der Waals surface area contributed by atoms with E-state index in [1.807, 2.05) is 6.07 Å². The predicted octanol–water partition coefficient (Wildman–Crippen LogP) is 0.360. The molecule has 1 fully saturated rings. The third-order valence-electron chi connectivity index (χ3n) is 2.25. The molecule has 4 nitrogen and oxygen atoms in total. The molecule has 1 saturated carbocycles. The first-order valence-electron chi connectivity index (χ1n) is 4.73. The van der Waals surface area contributed by atoms with Crippen molar-refractivity contribution in [1.29, 1.82) is 0 Å². The van der Waals surface area contributed by atoms with E-state index in [0.717, 1.165) is 18.4 Å². The van der Waals surface area contributed by atoms with E-state index in [2.05, 4.69) is 10.3 Å². The molecule has 1 unspecified atom stereocenters. The molecule has 1 aliphatic carbocycles. The van der Waals surface area contributed by atoms with E-state index >= 15 is 0 Å². The molecule has 74 valence electrons. The number of aromatic nitrogens is 1. The number of carbonyl (C=O) groups is 1. The summed E-state index contributed by atoms with van der Waals surface area (Å²) >= 11 is 0. The smallest absolute Gasteiger partial charge is 0.241 e. The summed E-state index contributed by atoms with van der Waals surface area (Å²) in [7, 11) is 0. The molecule has 1 heterocycles. The van der Waals surface area contributed by atoms with Gasteiger partial charge in [-0.05, 0) is 24.5 Å². The maximum absolute atomic E-state index is 11.5. The Kier molecular flexibility index (Phi) is 2.45. The van der Waals surface area contributed by atoms with E-state index in [4.69, 9.17) is 5.73 Å². The van der Waals surface area contributed by atoms with Gasteiger partial charge >= 0.3 is 0 Å². The minimum absolute atomic E-state index is 0.111. The van der Waals surface area contributed by atoms with Crippen LogP contribution in [0.5, 0.6) is 0 Å². The Morgan fingerprint density at radius 2 is 2.43 bits per heavy atom. The van der Waals surface area contributed by atoms with Crippen molar-refractivity contribution in [2.75, 3.05) is 0 Å². The monoisotopic (exact) mass is 191 g/mol. The van der Waals surface area contributed by atoms with Gasteiger partial charge in [-0.2, -0.15) is 0 Å². The quantitative estimate of drug-likeness (QED) is 0.724. The number of carbonyl (C=O) groups excluding carboxylic acids is 1. The van der Waals surface area contributed by atoms with Crippen molar-refractivity contribution in [1.82, 2.24) is 10.3 Å². The number of nitrogens with zero attached hydrogens (tertiary/aromatic N) is 1. The van der Waals surface area contributed by atoms with E-state index in [-0.39, 0.29) is 5.91 Å². The first-order chi connectivity index (χ1) is 6.77. The van der Waals surface area contributed by atoms with Crippen molar-refractivity contribution in [3.05, 3.63) is 30.1 Å². The summed E-state index contributed by atoms with van der Waals surface area (Å²) in [5, 5.41) is 2.86. The lowest BCUT2D eigenvalue weighted by Crippen LogP contribution is -2.35. The average molecular weight is 191 g/mol. The highest BCUT2D eigenvalue weighted by Crippen LogP contribution is 2.20. The summed E-state index contributed by atoms with van der Waals surface area (Å²) in [6, 6.07) is 3.35. The molecule has 2 rings (SSSR count). The van der Waals surface area contributed by atoms with Crippen molar-refractivity contribution >= 4 is 5.91 Å². The molecule has 1 atom stereocenters. The molecule has 1 amide bonds. The molecule has 0 radical (unpaired) electrons. The largest absolute Gasteiger partial charge is 0.352 e. The fraction of sp³-hybridized carbons (Fsp3) is 0.400. The fourth-order valence-corrected chi connectivity index (χ4v) is 1.23. The van der Waals surface area contributed by atoms with Crippen LogP contribution in [0.1, 0.15) is 24.4 Å². The fourth-order valence-electron chi connectivity index (χ4n) is 1.23. The maximum Gasteiger partial charge on any atom is 0.241 e. The molecule has 4 heteroatoms. The van der Waals surface area contributed by atoms with E-state index in [1.54, 1.807) is 18.5 Å². The number of nitrogens with two attached hydrogens (primary N) is 1. The molecule has 14 heavy (non-hydrogen) atoms. The summed E-state index contributed by atoms with van der Waals surface area (Å²) in [6.45, 7) is 0. The lowest BCUT2D eigenvalue weighted by molar-refractivity contribution is -0.122. The lowest BCUT2D eigenvalue weighted by atomic mass is 10.1. The predicted molar refractivity (Wildman–Crippen MR) is 52.3 cm³/mol. The van der Waals surface area contributed by atoms with Crippen LogP contribution in [0.25, 0.3) is 0 Å². The zero-order chi connectivity index (χ0) is 9.97. The van der Waals surface area contributed by atoms with Crippen LogP contribution in [0, 0.1) is 0 Å². The molecule has 0 bridgehead atoms. The number of nitrogens with one attached hydrogen (secondary N) is 1. The van der Waals surface area contributed by atoms with E-state index in [9.17, 15) is 4.79 Å². The third-order valence-corrected chi connectivity index (χ3v) is 2.25. The van der Waals surface area contributed by atoms with Gasteiger partial charge in [-0.15, -0.1) is 0 Å². The maximum atomic E-state index is 11.5. The van der Waals surface area contributed by atoms with Crippen LogP contribution in [0.3, 0.4) is 0 Å². The Morgan fingerprint density at radius 3 is 3.00 bits per heavy atom. The molecule has 1 aromatic rings. The van der Waals surface area contributed by atoms with E-state index in [0.29, 0.717) is 6.04 Å². The number of amides is 1. The van der Waals surface area contributed by atoms with Gasteiger partial charge in [0.1, 0.15) is 6.04 Å². The Bertz CT molecular complexity index is 321. The number of hydrogen-bond donors (Lipinski definition) is 2. The SMILES string of the molecule is NC(C(=O)NC1CC1)c1cccnc1. The van der Waals surface area contributed by atoms with Gasteiger partial charge in [0, 0.05) is 18.4 Å². The number of hydrogen-bond acceptors (Lipinski definition) is 3. The number of pyridine rings is 1. The van der Waals surface area contributed by atoms with Gasteiger partial charge < -0.3 is 11.1 Å². The van der Waals surface area contributed by atoms with Crippen molar-refractivity contribution in [2.24, 2.45) is 5.73 Å². The minimum Gasteiger partial charge on any atom is -0.352 e. The summed E-state index contributed by atoms with van der Waals surface area (Å²) in [6.07, 6.45) is 5.43. The van der Waals surface area contributed by atoms with E-state index < -0.39 is 6.04 Å². The molecule has 0 saturated heterocycles. The van der Waals surface area contributed by atoms with Gasteiger partial charge in [-0.1, -0.05) is 6.07 Å². The summed E-state index contributed by atoms with van der Waals surface area (Å²) in [5.74, 6) is -0.111. The molecular weight excluding hydrogens is 178 g/mol. The highest BCUT2D eigenvalue weighted by Gasteiger charge is 2.26. The average Bonchev–Trinajstić information content (AvgIpc) is 3.02. The van der Waals surface area contributed by atoms with Crippen molar-refractivity contribution in [2.45, 2.75) is 24.9 Å². The zero-order valence-electron chi connectivity index (χ0n) is 7.81. The van der Waals surface area contributed by atoms with Gasteiger partial charge in [0.25, 0.3) is 0 Å². The van der Waals surface area contributed by atoms with Crippen LogP contribution >= 0.6 is 0 Å². The Labute approximate surface area is 82.5 Å². The van der Waals surface area contributed by atoms with Crippen LogP contribution in [0.15, 0.2) is 24.5 Å². The van der Waals surface area contributed by atoms with Gasteiger partial charge in [0.05, 0.1) is 0 Å². The summed E-state index contributed by atoms with van der Waals surface area (Å²) in [5.41, 5.74) is 6.52. The van der Waals surface area contributed by atoms with Crippen LogP contribution in [0.2, 0.25) is 0 Å². The molecular formula is C10H13N3O. The van der Waals surface area contributed by atoms with Gasteiger partial charge in [0.2, 0.25) is 5.91 Å². The summed E-state index contributed by atoms with van der Waals surface area (Å²) < 4.78 is 0. The van der Waals surface area contributed by atoms with Crippen LogP contribution in [-0.2, 0) is 4.79 Å². The highest BCUT2D eigenvalue weighted by atomic mass is 16.2. The van der Waals surface area contributed by atoms with Crippen LogP contribution in [0.4, 0.5) is 0 Å². The second-order valence-corrected chi connectivity index (χ2v) is 3.55. The first kappa shape index (κ1) is 9.15. The molecule has 0 aromatic carbocycles. The Hall–Kier alpha value is -1.42. The first-order valence-corrected chi connectivity index (χ1v) is 4.73. The number of rotatable bonds is 3. The zero-order valence-corrected chi connectivity index (χ0v) is 7.81. The molecule has 1 aromatic heterocycles. The van der Waals surface area contributed by atoms with Crippen molar-refractivity contribution in [3.8, 4) is 0 Å². The summed E-state index contributed by atoms with van der Waals surface area (Å²) in [4.78, 5) is 15.5. The van der Waals surface area contributed by atoms with Crippen LogP contribution < -0.4 is 11.1 Å². The second kappa shape index (κ2) is 3.75. The van der Waals surface area contributed by atoms with Gasteiger partial charge in [-0.25, -0.2) is 0 Å².